The maximum Gasteiger partial charge on any atom is 0.309 e. The molecule has 0 saturated heterocycles. The van der Waals surface area contributed by atoms with E-state index in [0.29, 0.717) is 0 Å². The second-order valence-electron chi connectivity index (χ2n) is 12.0. The lowest BCUT2D eigenvalue weighted by Gasteiger charge is -2.17. The number of esters is 2. The van der Waals surface area contributed by atoms with Gasteiger partial charge in [0.05, 0.1) is 11.8 Å². The van der Waals surface area contributed by atoms with Crippen molar-refractivity contribution in [3.05, 3.63) is 0 Å². The predicted octanol–water partition coefficient (Wildman–Crippen LogP) is 10.3. The van der Waals surface area contributed by atoms with E-state index in [1.807, 2.05) is 0 Å². The van der Waals surface area contributed by atoms with Crippen molar-refractivity contribution in [1.29, 1.82) is 0 Å². The Morgan fingerprint density at radius 1 is 0.400 bits per heavy atom. The molecule has 0 saturated carbocycles. The van der Waals surface area contributed by atoms with Crippen LogP contribution in [0.2, 0.25) is 0 Å². The second kappa shape index (κ2) is 29.1. The minimum absolute atomic E-state index is 0.136. The average molecular weight is 567 g/mol. The lowest BCUT2D eigenvalue weighted by molar-refractivity contribution is -0.157. The van der Waals surface area contributed by atoms with Crippen LogP contribution in [-0.2, 0) is 23.9 Å². The number of ketones is 1. The highest BCUT2D eigenvalue weighted by Crippen LogP contribution is 2.22. The van der Waals surface area contributed by atoms with Crippen LogP contribution in [0.5, 0.6) is 0 Å². The minimum Gasteiger partial charge on any atom is -0.457 e. The third-order valence-electron chi connectivity index (χ3n) is 8.04. The van der Waals surface area contributed by atoms with Crippen LogP contribution in [0.3, 0.4) is 0 Å². The van der Waals surface area contributed by atoms with Gasteiger partial charge in [-0.15, -0.1) is 0 Å². The number of ether oxygens (including phenoxy) is 2. The molecule has 0 spiro atoms. The second-order valence-corrected chi connectivity index (χ2v) is 12.0. The van der Waals surface area contributed by atoms with Crippen LogP contribution < -0.4 is 0 Å². The fourth-order valence-electron chi connectivity index (χ4n) is 5.32. The fraction of sp³-hybridized carbons (Fsp3) is 0.914. The molecular weight excluding hydrogens is 500 g/mol. The number of hydrogen-bond acceptors (Lipinski definition) is 5. The van der Waals surface area contributed by atoms with E-state index in [1.165, 1.54) is 64.2 Å². The van der Waals surface area contributed by atoms with Gasteiger partial charge in [-0.05, 0) is 25.7 Å². The molecular formula is C35H66O5. The molecule has 0 radical (unpaired) electrons. The van der Waals surface area contributed by atoms with E-state index in [-0.39, 0.29) is 42.8 Å². The normalized spacial score (nSPS) is 12.7. The standard InChI is InChI=1S/C35H66O5/c1-5-9-13-17-19-23-27-31(25-21-15-11-7-3)34(37)39-29-33(36)30-40-35(38)32(26-22-16-12-8-4)28-24-20-18-14-10-6-2/h31-32H,5-30H2,1-4H3. The molecule has 0 bridgehead atoms. The highest BCUT2D eigenvalue weighted by molar-refractivity contribution is 5.85. The van der Waals surface area contributed by atoms with Crippen molar-refractivity contribution >= 4 is 17.7 Å². The lowest BCUT2D eigenvalue weighted by atomic mass is 9.94. The number of rotatable bonds is 30. The van der Waals surface area contributed by atoms with Gasteiger partial charge in [-0.1, -0.05) is 156 Å². The summed E-state index contributed by atoms with van der Waals surface area (Å²) in [4.78, 5) is 38.1. The summed E-state index contributed by atoms with van der Waals surface area (Å²) in [5.74, 6) is -1.13. The van der Waals surface area contributed by atoms with Crippen molar-refractivity contribution in [3.8, 4) is 0 Å². The van der Waals surface area contributed by atoms with Crippen LogP contribution in [0.25, 0.3) is 0 Å². The summed E-state index contributed by atoms with van der Waals surface area (Å²) in [6, 6.07) is 0. The monoisotopic (exact) mass is 566 g/mol. The molecule has 0 aliphatic heterocycles. The molecule has 0 N–H and O–H groups in total. The Hall–Kier alpha value is -1.39. The Labute approximate surface area is 248 Å². The van der Waals surface area contributed by atoms with Gasteiger partial charge in [-0.25, -0.2) is 0 Å². The Morgan fingerprint density at radius 3 is 0.950 bits per heavy atom. The zero-order valence-corrected chi connectivity index (χ0v) is 27.1. The summed E-state index contributed by atoms with van der Waals surface area (Å²) in [6.07, 6.45) is 26.6. The molecule has 236 valence electrons. The van der Waals surface area contributed by atoms with Crippen molar-refractivity contribution < 1.29 is 23.9 Å². The van der Waals surface area contributed by atoms with Crippen LogP contribution >= 0.6 is 0 Å². The zero-order valence-electron chi connectivity index (χ0n) is 27.1. The van der Waals surface area contributed by atoms with Crippen LogP contribution in [-0.4, -0.2) is 30.9 Å². The SMILES string of the molecule is CCCCCCCCC(CCCCCC)C(=O)OCC(=O)COC(=O)C(CCCCCC)CCCCCCCC. The van der Waals surface area contributed by atoms with E-state index in [9.17, 15) is 14.4 Å². The van der Waals surface area contributed by atoms with Gasteiger partial charge < -0.3 is 9.47 Å². The molecule has 0 fully saturated rings. The molecule has 0 aromatic carbocycles. The van der Waals surface area contributed by atoms with Gasteiger partial charge in [-0.3, -0.25) is 14.4 Å². The van der Waals surface area contributed by atoms with Crippen LogP contribution in [0.15, 0.2) is 0 Å². The van der Waals surface area contributed by atoms with Crippen molar-refractivity contribution in [2.45, 2.75) is 182 Å². The van der Waals surface area contributed by atoms with E-state index in [2.05, 4.69) is 27.7 Å². The van der Waals surface area contributed by atoms with Gasteiger partial charge in [0.1, 0.15) is 0 Å². The summed E-state index contributed by atoms with van der Waals surface area (Å²) in [5, 5.41) is 0. The van der Waals surface area contributed by atoms with E-state index < -0.39 is 0 Å². The van der Waals surface area contributed by atoms with Crippen molar-refractivity contribution in [3.63, 3.8) is 0 Å². The highest BCUT2D eigenvalue weighted by Gasteiger charge is 2.23. The average Bonchev–Trinajstić information content (AvgIpc) is 2.96. The Kier molecular flexibility index (Phi) is 28.1. The molecule has 2 unspecified atom stereocenters. The topological polar surface area (TPSA) is 69.7 Å². The van der Waals surface area contributed by atoms with Crippen LogP contribution in [0.4, 0.5) is 0 Å². The van der Waals surface area contributed by atoms with Gasteiger partial charge in [0.2, 0.25) is 5.78 Å². The molecule has 0 amide bonds. The summed E-state index contributed by atoms with van der Waals surface area (Å²) in [7, 11) is 0. The van der Waals surface area contributed by atoms with E-state index in [1.54, 1.807) is 0 Å². The van der Waals surface area contributed by atoms with Crippen molar-refractivity contribution in [2.24, 2.45) is 11.8 Å². The number of Topliss-reactive ketones (excluding diaryl/α,β-unsaturated/α-hetero) is 1. The molecule has 5 nitrogen and oxygen atoms in total. The molecule has 40 heavy (non-hydrogen) atoms. The number of hydrogen-bond donors (Lipinski definition) is 0. The Balaban J connectivity index is 4.59. The summed E-state index contributed by atoms with van der Waals surface area (Å²) < 4.78 is 10.9. The van der Waals surface area contributed by atoms with Gasteiger partial charge >= 0.3 is 11.9 Å². The summed E-state index contributed by atoms with van der Waals surface area (Å²) in [6.45, 7) is 8.20. The number of unbranched alkanes of at least 4 members (excludes halogenated alkanes) is 16. The quantitative estimate of drug-likeness (QED) is 0.0639. The molecule has 0 aromatic rings. The van der Waals surface area contributed by atoms with Gasteiger partial charge in [0, 0.05) is 0 Å². The van der Waals surface area contributed by atoms with E-state index >= 15 is 0 Å². The van der Waals surface area contributed by atoms with Gasteiger partial charge in [0.25, 0.3) is 0 Å². The van der Waals surface area contributed by atoms with Crippen LogP contribution in [0, 0.1) is 11.8 Å². The molecule has 5 heteroatoms. The third-order valence-corrected chi connectivity index (χ3v) is 8.04. The lowest BCUT2D eigenvalue weighted by Crippen LogP contribution is -2.26. The van der Waals surface area contributed by atoms with Crippen LogP contribution in [0.1, 0.15) is 182 Å². The first-order valence-electron chi connectivity index (χ1n) is 17.3. The number of carbonyl (C=O) groups excluding carboxylic acids is 3. The maximum atomic E-state index is 12.8. The Bertz CT molecular complexity index is 553. The smallest absolute Gasteiger partial charge is 0.309 e. The van der Waals surface area contributed by atoms with Crippen molar-refractivity contribution in [2.75, 3.05) is 13.2 Å². The molecule has 0 heterocycles. The third kappa shape index (κ3) is 23.3. The van der Waals surface area contributed by atoms with E-state index in [4.69, 9.17) is 9.47 Å². The minimum atomic E-state index is -0.338. The molecule has 0 aliphatic rings. The van der Waals surface area contributed by atoms with Gasteiger partial charge in [0.15, 0.2) is 13.2 Å². The van der Waals surface area contributed by atoms with E-state index in [0.717, 1.165) is 89.9 Å². The highest BCUT2D eigenvalue weighted by atomic mass is 16.6. The van der Waals surface area contributed by atoms with Crippen molar-refractivity contribution in [1.82, 2.24) is 0 Å². The first-order chi connectivity index (χ1) is 19.5. The maximum absolute atomic E-state index is 12.8. The zero-order chi connectivity index (χ0) is 29.7. The summed E-state index contributed by atoms with van der Waals surface area (Å²) in [5.41, 5.74) is 0. The Morgan fingerprint density at radius 2 is 0.650 bits per heavy atom. The van der Waals surface area contributed by atoms with Gasteiger partial charge in [-0.2, -0.15) is 0 Å². The fourth-order valence-corrected chi connectivity index (χ4v) is 5.32. The summed E-state index contributed by atoms with van der Waals surface area (Å²) >= 11 is 0. The predicted molar refractivity (Wildman–Crippen MR) is 167 cm³/mol. The molecule has 2 atom stereocenters. The first kappa shape index (κ1) is 38.6. The molecule has 0 aliphatic carbocycles. The molecule has 0 aromatic heterocycles. The largest absolute Gasteiger partial charge is 0.457 e. The molecule has 0 rings (SSSR count). The first-order valence-corrected chi connectivity index (χ1v) is 17.3. The number of carbonyl (C=O) groups is 3.